The maximum Gasteiger partial charge on any atom is 0.467 e. The van der Waals surface area contributed by atoms with Gasteiger partial charge in [0.15, 0.2) is 0 Å². The first kappa shape index (κ1) is 14.6. The van der Waals surface area contributed by atoms with Crippen molar-refractivity contribution in [3.8, 4) is 0 Å². The summed E-state index contributed by atoms with van der Waals surface area (Å²) in [6, 6.07) is 8.09. The summed E-state index contributed by atoms with van der Waals surface area (Å²) in [5.74, 6) is 0. The second-order valence-corrected chi connectivity index (χ2v) is 3.36. The fourth-order valence-corrected chi connectivity index (χ4v) is 1.21. The molecule has 0 saturated carbocycles. The second kappa shape index (κ2) is 5.43. The predicted octanol–water partition coefficient (Wildman–Crippen LogP) is 4.04. The molecule has 1 aromatic carbocycles. The number of benzene rings is 1. The fraction of sp³-hybridized carbons (Fsp3) is 0.273. The van der Waals surface area contributed by atoms with Crippen molar-refractivity contribution in [3.63, 3.8) is 0 Å². The van der Waals surface area contributed by atoms with E-state index in [-0.39, 0.29) is 0 Å². The van der Waals surface area contributed by atoms with Gasteiger partial charge in [0, 0.05) is 6.54 Å². The highest BCUT2D eigenvalue weighted by Gasteiger charge is 2.52. The Bertz CT molecular complexity index is 378. The molecule has 0 aliphatic carbocycles. The summed E-state index contributed by atoms with van der Waals surface area (Å²) in [6.45, 7) is -1.28. The number of halogens is 6. The summed E-state index contributed by atoms with van der Waals surface area (Å²) in [4.78, 5) is -1.49. The molecule has 0 saturated heterocycles. The Morgan fingerprint density at radius 2 is 1.39 bits per heavy atom. The van der Waals surface area contributed by atoms with Crippen LogP contribution < -0.4 is 0 Å². The van der Waals surface area contributed by atoms with Crippen LogP contribution in [0.15, 0.2) is 36.4 Å². The van der Waals surface area contributed by atoms with Crippen LogP contribution in [0, 0.1) is 0 Å². The minimum Gasteiger partial charge on any atom is -0.155 e. The molecule has 0 N–H and O–H groups in total. The zero-order chi connectivity index (χ0) is 13.8. The van der Waals surface area contributed by atoms with Crippen LogP contribution in [0.4, 0.5) is 26.3 Å². The van der Waals surface area contributed by atoms with Crippen LogP contribution in [0.2, 0.25) is 0 Å². The normalized spacial score (nSPS) is 13.5. The topological polar surface area (TPSA) is 3.24 Å². The van der Waals surface area contributed by atoms with Gasteiger partial charge in [-0.2, -0.15) is 26.3 Å². The number of nitrogens with zero attached hydrogens (tertiary/aromatic N) is 1. The maximum absolute atomic E-state index is 12.1. The van der Waals surface area contributed by atoms with Gasteiger partial charge in [0.1, 0.15) is 0 Å². The summed E-state index contributed by atoms with van der Waals surface area (Å²) in [5, 5.41) is 0. The zero-order valence-electron chi connectivity index (χ0n) is 8.96. The molecule has 0 heterocycles. The molecular weight excluding hydrogens is 260 g/mol. The van der Waals surface area contributed by atoms with Gasteiger partial charge in [-0.25, -0.2) is 0 Å². The lowest BCUT2D eigenvalue weighted by Gasteiger charge is -2.25. The highest BCUT2D eigenvalue weighted by atomic mass is 19.4. The standard InChI is InChI=1S/C11H9F6N/c12-10(13,14)18(11(15,16)17)8-4-7-9-5-2-1-3-6-9/h1-7H,8H2. The van der Waals surface area contributed by atoms with Gasteiger partial charge in [-0.1, -0.05) is 42.5 Å². The largest absolute Gasteiger partial charge is 0.467 e. The molecule has 0 atom stereocenters. The molecule has 0 fully saturated rings. The quantitative estimate of drug-likeness (QED) is 0.591. The average molecular weight is 269 g/mol. The van der Waals surface area contributed by atoms with E-state index in [0.29, 0.717) is 5.56 Å². The first-order valence-electron chi connectivity index (χ1n) is 4.84. The summed E-state index contributed by atoms with van der Waals surface area (Å²) < 4.78 is 72.7. The van der Waals surface area contributed by atoms with E-state index in [1.807, 2.05) is 0 Å². The third-order valence-electron chi connectivity index (χ3n) is 2.01. The van der Waals surface area contributed by atoms with Gasteiger partial charge in [-0.05, 0) is 5.56 Å². The summed E-state index contributed by atoms with van der Waals surface area (Å²) >= 11 is 0. The Kier molecular flexibility index (Phi) is 4.39. The third kappa shape index (κ3) is 4.40. The van der Waals surface area contributed by atoms with Crippen LogP contribution in [0.25, 0.3) is 6.08 Å². The molecule has 1 rings (SSSR count). The molecule has 0 spiro atoms. The van der Waals surface area contributed by atoms with Gasteiger partial charge in [-0.15, -0.1) is 4.90 Å². The molecule has 0 bridgehead atoms. The van der Waals surface area contributed by atoms with Crippen LogP contribution in [-0.2, 0) is 0 Å². The van der Waals surface area contributed by atoms with Crippen molar-refractivity contribution in [1.29, 1.82) is 0 Å². The van der Waals surface area contributed by atoms with Crippen molar-refractivity contribution in [2.75, 3.05) is 6.54 Å². The summed E-state index contributed by atoms with van der Waals surface area (Å²) in [7, 11) is 0. The van der Waals surface area contributed by atoms with Crippen molar-refractivity contribution in [2.24, 2.45) is 0 Å². The second-order valence-electron chi connectivity index (χ2n) is 3.36. The highest BCUT2D eigenvalue weighted by molar-refractivity contribution is 5.48. The first-order valence-corrected chi connectivity index (χ1v) is 4.84. The van der Waals surface area contributed by atoms with Gasteiger partial charge in [0.25, 0.3) is 0 Å². The molecule has 0 amide bonds. The molecule has 1 nitrogen and oxygen atoms in total. The van der Waals surface area contributed by atoms with Crippen LogP contribution in [0.5, 0.6) is 0 Å². The molecule has 0 aliphatic rings. The van der Waals surface area contributed by atoms with E-state index in [9.17, 15) is 26.3 Å². The highest BCUT2D eigenvalue weighted by Crippen LogP contribution is 2.32. The van der Waals surface area contributed by atoms with E-state index in [4.69, 9.17) is 0 Å². The first-order chi connectivity index (χ1) is 8.21. The molecule has 1 aromatic rings. The van der Waals surface area contributed by atoms with Crippen molar-refractivity contribution in [1.82, 2.24) is 4.90 Å². The zero-order valence-corrected chi connectivity index (χ0v) is 8.96. The van der Waals surface area contributed by atoms with Gasteiger partial charge in [0.05, 0.1) is 0 Å². The van der Waals surface area contributed by atoms with Gasteiger partial charge in [0.2, 0.25) is 0 Å². The average Bonchev–Trinajstić information content (AvgIpc) is 2.22. The van der Waals surface area contributed by atoms with Gasteiger partial charge < -0.3 is 0 Å². The van der Waals surface area contributed by atoms with E-state index in [0.717, 1.165) is 6.08 Å². The maximum atomic E-state index is 12.1. The molecule has 7 heteroatoms. The molecule has 0 aromatic heterocycles. The minimum absolute atomic E-state index is 0.529. The van der Waals surface area contributed by atoms with Crippen LogP contribution in [0.3, 0.4) is 0 Å². The predicted molar refractivity (Wildman–Crippen MR) is 54.3 cm³/mol. The molecule has 0 aliphatic heterocycles. The molecule has 0 radical (unpaired) electrons. The Balaban J connectivity index is 2.73. The van der Waals surface area contributed by atoms with Crippen molar-refractivity contribution < 1.29 is 26.3 Å². The summed E-state index contributed by atoms with van der Waals surface area (Å²) in [5.41, 5.74) is 0.529. The van der Waals surface area contributed by atoms with E-state index in [2.05, 4.69) is 0 Å². The van der Waals surface area contributed by atoms with E-state index < -0.39 is 24.0 Å². The van der Waals surface area contributed by atoms with Gasteiger partial charge in [-0.3, -0.25) is 0 Å². The number of rotatable bonds is 3. The molecule has 0 unspecified atom stereocenters. The Morgan fingerprint density at radius 1 is 0.889 bits per heavy atom. The molecular formula is C11H9F6N. The van der Waals surface area contributed by atoms with Gasteiger partial charge >= 0.3 is 12.6 Å². The smallest absolute Gasteiger partial charge is 0.155 e. The third-order valence-corrected chi connectivity index (χ3v) is 2.01. The Labute approximate surface area is 99.3 Å². The van der Waals surface area contributed by atoms with Crippen molar-refractivity contribution in [3.05, 3.63) is 42.0 Å². The SMILES string of the molecule is FC(F)(F)N(CC=Cc1ccccc1)C(F)(F)F. The number of alkyl halides is 6. The van der Waals surface area contributed by atoms with Crippen LogP contribution in [-0.4, -0.2) is 24.0 Å². The lowest BCUT2D eigenvalue weighted by atomic mass is 10.2. The van der Waals surface area contributed by atoms with Crippen molar-refractivity contribution >= 4 is 6.08 Å². The Morgan fingerprint density at radius 3 is 1.83 bits per heavy atom. The number of hydrogen-bond donors (Lipinski definition) is 0. The number of hydrogen-bond acceptors (Lipinski definition) is 1. The lowest BCUT2D eigenvalue weighted by Crippen LogP contribution is -2.47. The molecule has 100 valence electrons. The van der Waals surface area contributed by atoms with E-state index >= 15 is 0 Å². The van der Waals surface area contributed by atoms with Crippen LogP contribution in [0.1, 0.15) is 5.56 Å². The fourth-order valence-electron chi connectivity index (χ4n) is 1.21. The van der Waals surface area contributed by atoms with Crippen LogP contribution >= 0.6 is 0 Å². The lowest BCUT2D eigenvalue weighted by molar-refractivity contribution is -0.369. The van der Waals surface area contributed by atoms with E-state index in [1.165, 1.54) is 6.08 Å². The van der Waals surface area contributed by atoms with Crippen molar-refractivity contribution in [2.45, 2.75) is 12.6 Å². The summed E-state index contributed by atoms with van der Waals surface area (Å²) in [6.07, 6.45) is -8.88. The molecule has 18 heavy (non-hydrogen) atoms. The monoisotopic (exact) mass is 269 g/mol. The Hall–Kier alpha value is -1.50. The minimum atomic E-state index is -5.45. The van der Waals surface area contributed by atoms with E-state index in [1.54, 1.807) is 30.3 Å².